The van der Waals surface area contributed by atoms with Gasteiger partial charge in [0, 0.05) is 12.0 Å². The van der Waals surface area contributed by atoms with Gasteiger partial charge in [-0.05, 0) is 31.7 Å². The van der Waals surface area contributed by atoms with E-state index in [1.165, 1.54) is 6.07 Å². The lowest BCUT2D eigenvalue weighted by molar-refractivity contribution is -0.0962. The zero-order valence-electron chi connectivity index (χ0n) is 12.5. The smallest absolute Gasteiger partial charge is 0.128 e. The molecule has 0 saturated carbocycles. The van der Waals surface area contributed by atoms with E-state index in [-0.39, 0.29) is 23.1 Å². The van der Waals surface area contributed by atoms with E-state index in [0.29, 0.717) is 18.1 Å². The maximum Gasteiger partial charge on any atom is 0.128 e. The van der Waals surface area contributed by atoms with Gasteiger partial charge in [-0.3, -0.25) is 0 Å². The maximum absolute atomic E-state index is 13.6. The van der Waals surface area contributed by atoms with Crippen molar-refractivity contribution in [3.05, 3.63) is 35.6 Å². The summed E-state index contributed by atoms with van der Waals surface area (Å²) in [6.07, 6.45) is 3.14. The lowest BCUT2D eigenvalue weighted by Gasteiger charge is -2.31. The summed E-state index contributed by atoms with van der Waals surface area (Å²) in [6.45, 7) is 6.89. The second-order valence-corrected chi connectivity index (χ2v) is 6.73. The molecule has 3 unspecified atom stereocenters. The van der Waals surface area contributed by atoms with E-state index in [1.54, 1.807) is 12.1 Å². The van der Waals surface area contributed by atoms with Crippen molar-refractivity contribution in [3.63, 3.8) is 0 Å². The summed E-state index contributed by atoms with van der Waals surface area (Å²) in [5.74, 6) is 0.298. The molecule has 2 nitrogen and oxygen atoms in total. The third-order valence-electron chi connectivity index (χ3n) is 5.14. The molecule has 0 radical (unpaired) electrons. The average Bonchev–Trinajstić information content (AvgIpc) is 2.90. The molecule has 0 N–H and O–H groups in total. The summed E-state index contributed by atoms with van der Waals surface area (Å²) in [5.41, 5.74) is 0.391. The molecule has 2 heterocycles. The Labute approximate surface area is 120 Å². The SMILES string of the molecule is CC(C)C12CCC(C)(O1)C(OCc1ccccc1F)C2. The summed E-state index contributed by atoms with van der Waals surface area (Å²) in [4.78, 5) is 0. The minimum atomic E-state index is -0.199. The van der Waals surface area contributed by atoms with Crippen LogP contribution in [0.1, 0.15) is 45.6 Å². The van der Waals surface area contributed by atoms with Crippen LogP contribution in [0.15, 0.2) is 24.3 Å². The first-order chi connectivity index (χ1) is 9.45. The van der Waals surface area contributed by atoms with Crippen molar-refractivity contribution in [1.82, 2.24) is 0 Å². The molecule has 3 rings (SSSR count). The first-order valence-electron chi connectivity index (χ1n) is 7.50. The summed E-state index contributed by atoms with van der Waals surface area (Å²) in [6, 6.07) is 6.81. The van der Waals surface area contributed by atoms with Crippen molar-refractivity contribution in [1.29, 1.82) is 0 Å². The Balaban J connectivity index is 1.69. The fourth-order valence-corrected chi connectivity index (χ4v) is 3.61. The molecule has 1 aromatic rings. The van der Waals surface area contributed by atoms with Gasteiger partial charge in [0.15, 0.2) is 0 Å². The van der Waals surface area contributed by atoms with Crippen LogP contribution in [0.3, 0.4) is 0 Å². The molecule has 2 aliphatic rings. The minimum Gasteiger partial charge on any atom is -0.370 e. The Kier molecular flexibility index (Phi) is 3.38. The molecule has 2 bridgehead atoms. The molecule has 0 amide bonds. The molecule has 3 heteroatoms. The topological polar surface area (TPSA) is 18.5 Å². The van der Waals surface area contributed by atoms with Gasteiger partial charge in [-0.15, -0.1) is 0 Å². The standard InChI is InChI=1S/C17H23FO2/c1-12(2)17-9-8-16(3,20-17)15(10-17)19-11-13-6-4-5-7-14(13)18/h4-7,12,15H,8-11H2,1-3H3. The van der Waals surface area contributed by atoms with E-state index in [9.17, 15) is 4.39 Å². The van der Waals surface area contributed by atoms with Crippen molar-refractivity contribution in [2.75, 3.05) is 0 Å². The monoisotopic (exact) mass is 278 g/mol. The number of hydrogen-bond donors (Lipinski definition) is 0. The zero-order chi connectivity index (χ0) is 14.4. The number of hydrogen-bond acceptors (Lipinski definition) is 2. The molecule has 0 aromatic heterocycles. The fourth-order valence-electron chi connectivity index (χ4n) is 3.61. The Hall–Kier alpha value is -0.930. The molecular formula is C17H23FO2. The predicted octanol–water partition coefficient (Wildman–Crippen LogP) is 4.08. The van der Waals surface area contributed by atoms with Gasteiger partial charge in [0.05, 0.1) is 23.9 Å². The van der Waals surface area contributed by atoms with Crippen LogP contribution >= 0.6 is 0 Å². The second-order valence-electron chi connectivity index (χ2n) is 6.73. The van der Waals surface area contributed by atoms with Crippen molar-refractivity contribution in [2.24, 2.45) is 5.92 Å². The van der Waals surface area contributed by atoms with E-state index in [1.807, 2.05) is 6.07 Å². The Morgan fingerprint density at radius 2 is 2.10 bits per heavy atom. The lowest BCUT2D eigenvalue weighted by atomic mass is 9.75. The van der Waals surface area contributed by atoms with Crippen molar-refractivity contribution < 1.29 is 13.9 Å². The summed E-state index contributed by atoms with van der Waals surface area (Å²) >= 11 is 0. The van der Waals surface area contributed by atoms with Crippen LogP contribution in [0.5, 0.6) is 0 Å². The highest BCUT2D eigenvalue weighted by atomic mass is 19.1. The number of benzene rings is 1. The van der Waals surface area contributed by atoms with Crippen molar-refractivity contribution >= 4 is 0 Å². The molecule has 2 saturated heterocycles. The van der Waals surface area contributed by atoms with Crippen LogP contribution in [-0.2, 0) is 16.1 Å². The summed E-state index contributed by atoms with van der Waals surface area (Å²) in [7, 11) is 0. The first-order valence-corrected chi connectivity index (χ1v) is 7.50. The fraction of sp³-hybridized carbons (Fsp3) is 0.647. The van der Waals surface area contributed by atoms with E-state index in [4.69, 9.17) is 9.47 Å². The number of halogens is 1. The highest BCUT2D eigenvalue weighted by Crippen LogP contribution is 2.55. The van der Waals surface area contributed by atoms with E-state index >= 15 is 0 Å². The Bertz CT molecular complexity index is 502. The predicted molar refractivity (Wildman–Crippen MR) is 75.9 cm³/mol. The van der Waals surface area contributed by atoms with E-state index < -0.39 is 0 Å². The van der Waals surface area contributed by atoms with Crippen molar-refractivity contribution in [2.45, 2.75) is 63.9 Å². The number of ether oxygens (including phenoxy) is 2. The molecule has 2 fully saturated rings. The molecule has 110 valence electrons. The number of rotatable bonds is 4. The summed E-state index contributed by atoms with van der Waals surface area (Å²) in [5, 5.41) is 0. The highest BCUT2D eigenvalue weighted by molar-refractivity contribution is 5.17. The normalized spacial score (nSPS) is 36.0. The van der Waals surface area contributed by atoms with Crippen LogP contribution in [-0.4, -0.2) is 17.3 Å². The van der Waals surface area contributed by atoms with Crippen LogP contribution < -0.4 is 0 Å². The third kappa shape index (κ3) is 2.17. The van der Waals surface area contributed by atoms with Gasteiger partial charge in [0.25, 0.3) is 0 Å². The van der Waals surface area contributed by atoms with Gasteiger partial charge in [-0.2, -0.15) is 0 Å². The molecular weight excluding hydrogens is 255 g/mol. The average molecular weight is 278 g/mol. The third-order valence-corrected chi connectivity index (χ3v) is 5.14. The minimum absolute atomic E-state index is 0.0331. The molecule has 3 atom stereocenters. The van der Waals surface area contributed by atoms with Crippen LogP contribution in [0, 0.1) is 11.7 Å². The zero-order valence-corrected chi connectivity index (χ0v) is 12.5. The molecule has 1 aromatic carbocycles. The quantitative estimate of drug-likeness (QED) is 0.826. The molecule has 0 aliphatic carbocycles. The maximum atomic E-state index is 13.6. The van der Waals surface area contributed by atoms with Crippen LogP contribution in [0.2, 0.25) is 0 Å². The summed E-state index contributed by atoms with van der Waals surface area (Å²) < 4.78 is 26.0. The van der Waals surface area contributed by atoms with Crippen LogP contribution in [0.4, 0.5) is 4.39 Å². The van der Waals surface area contributed by atoms with Crippen molar-refractivity contribution in [3.8, 4) is 0 Å². The van der Waals surface area contributed by atoms with Crippen LogP contribution in [0.25, 0.3) is 0 Å². The molecule has 0 spiro atoms. The van der Waals surface area contributed by atoms with Gasteiger partial charge < -0.3 is 9.47 Å². The van der Waals surface area contributed by atoms with Gasteiger partial charge >= 0.3 is 0 Å². The van der Waals surface area contributed by atoms with E-state index in [0.717, 1.165) is 19.3 Å². The molecule has 2 aliphatic heterocycles. The van der Waals surface area contributed by atoms with Gasteiger partial charge in [-0.25, -0.2) is 4.39 Å². The van der Waals surface area contributed by atoms with E-state index in [2.05, 4.69) is 20.8 Å². The lowest BCUT2D eigenvalue weighted by Crippen LogP contribution is -2.38. The second kappa shape index (κ2) is 4.81. The largest absolute Gasteiger partial charge is 0.370 e. The Morgan fingerprint density at radius 1 is 1.35 bits per heavy atom. The van der Waals surface area contributed by atoms with Gasteiger partial charge in [0.1, 0.15) is 5.82 Å². The number of fused-ring (bicyclic) bond motifs is 2. The van der Waals surface area contributed by atoms with Gasteiger partial charge in [-0.1, -0.05) is 32.0 Å². The highest BCUT2D eigenvalue weighted by Gasteiger charge is 2.60. The Morgan fingerprint density at radius 3 is 2.75 bits per heavy atom. The first kappa shape index (κ1) is 14.0. The molecule has 20 heavy (non-hydrogen) atoms. The van der Waals surface area contributed by atoms with Gasteiger partial charge in [0.2, 0.25) is 0 Å².